The Kier molecular flexibility index (Phi) is 7.70. The van der Waals surface area contributed by atoms with E-state index in [1.165, 1.54) is 25.7 Å². The molecule has 1 saturated heterocycles. The predicted molar refractivity (Wildman–Crippen MR) is 71.3 cm³/mol. The molecule has 1 rings (SSSR count). The first kappa shape index (κ1) is 15.2. The molecule has 3 heteroatoms. The summed E-state index contributed by atoms with van der Waals surface area (Å²) in [6.45, 7) is 2.28. The number of Topliss-reactive ketones (excluding diaryl/α,β-unsaturated/α-hetero) is 1. The number of carbonyl (C=O) groups excluding carboxylic acids is 2. The predicted octanol–water partition coefficient (Wildman–Crippen LogP) is 3.65. The van der Waals surface area contributed by atoms with Gasteiger partial charge in [-0.1, -0.05) is 45.4 Å². The van der Waals surface area contributed by atoms with E-state index in [2.05, 4.69) is 6.92 Å². The van der Waals surface area contributed by atoms with Gasteiger partial charge in [-0.2, -0.15) is 0 Å². The Bertz CT molecular complexity index is 260. The fraction of sp³-hybridized carbons (Fsp3) is 0.867. The highest BCUT2D eigenvalue weighted by Crippen LogP contribution is 2.18. The molecular weight excluding hydrogens is 228 g/mol. The molecule has 0 spiro atoms. The smallest absolute Gasteiger partial charge is 0.306 e. The third kappa shape index (κ3) is 7.46. The normalized spacial score (nSPS) is 25.9. The summed E-state index contributed by atoms with van der Waals surface area (Å²) in [6, 6.07) is 0. The number of carbonyl (C=O) groups is 2. The minimum Gasteiger partial charge on any atom is -0.458 e. The minimum atomic E-state index is -0.216. The maximum atomic E-state index is 11.5. The summed E-state index contributed by atoms with van der Waals surface area (Å²) in [5, 5.41) is 0. The molecule has 0 saturated carbocycles. The van der Waals surface area contributed by atoms with Gasteiger partial charge in [0.2, 0.25) is 0 Å². The summed E-state index contributed by atoms with van der Waals surface area (Å²) in [5.74, 6) is 0.612. The zero-order chi connectivity index (χ0) is 13.2. The summed E-state index contributed by atoms with van der Waals surface area (Å²) < 4.78 is 4.96. The molecule has 1 aliphatic rings. The first-order valence-electron chi connectivity index (χ1n) is 7.36. The lowest BCUT2D eigenvalue weighted by molar-refractivity contribution is -0.148. The second kappa shape index (κ2) is 9.12. The van der Waals surface area contributed by atoms with Gasteiger partial charge in [-0.25, -0.2) is 0 Å². The molecular formula is C15H26O3. The monoisotopic (exact) mass is 254 g/mol. The van der Waals surface area contributed by atoms with E-state index in [-0.39, 0.29) is 18.4 Å². The minimum absolute atomic E-state index is 0.0195. The molecule has 0 aliphatic carbocycles. The SMILES string of the molecule is CC1CCCCCCC(=O)OCC(=O)CCCC1. The zero-order valence-corrected chi connectivity index (χ0v) is 11.6. The Labute approximate surface area is 110 Å². The average molecular weight is 254 g/mol. The van der Waals surface area contributed by atoms with Crippen molar-refractivity contribution >= 4 is 11.8 Å². The highest BCUT2D eigenvalue weighted by atomic mass is 16.5. The molecule has 0 radical (unpaired) electrons. The van der Waals surface area contributed by atoms with Gasteiger partial charge < -0.3 is 4.74 Å². The topological polar surface area (TPSA) is 43.4 Å². The van der Waals surface area contributed by atoms with Crippen LogP contribution in [0.1, 0.15) is 71.1 Å². The summed E-state index contributed by atoms with van der Waals surface area (Å²) in [6.07, 6.45) is 10.00. The largest absolute Gasteiger partial charge is 0.458 e. The molecule has 0 aromatic carbocycles. The van der Waals surface area contributed by atoms with E-state index < -0.39 is 0 Å². The van der Waals surface area contributed by atoms with Crippen LogP contribution < -0.4 is 0 Å². The molecule has 3 nitrogen and oxygen atoms in total. The van der Waals surface area contributed by atoms with Crippen LogP contribution in [0, 0.1) is 5.92 Å². The van der Waals surface area contributed by atoms with Crippen molar-refractivity contribution < 1.29 is 14.3 Å². The molecule has 0 N–H and O–H groups in total. The Morgan fingerprint density at radius 3 is 2.28 bits per heavy atom. The third-order valence-electron chi connectivity index (χ3n) is 3.62. The van der Waals surface area contributed by atoms with Crippen molar-refractivity contribution in [2.24, 2.45) is 5.92 Å². The fourth-order valence-corrected chi connectivity index (χ4v) is 2.38. The number of hydrogen-bond acceptors (Lipinski definition) is 3. The van der Waals surface area contributed by atoms with E-state index >= 15 is 0 Å². The van der Waals surface area contributed by atoms with Crippen molar-refractivity contribution in [3.63, 3.8) is 0 Å². The number of ketones is 1. The second-order valence-electron chi connectivity index (χ2n) is 5.50. The fourth-order valence-electron chi connectivity index (χ4n) is 2.38. The Morgan fingerprint density at radius 2 is 1.50 bits per heavy atom. The van der Waals surface area contributed by atoms with Gasteiger partial charge in [-0.05, 0) is 18.8 Å². The molecule has 0 aromatic rings. The van der Waals surface area contributed by atoms with Gasteiger partial charge in [0.25, 0.3) is 0 Å². The lowest BCUT2D eigenvalue weighted by Gasteiger charge is -2.10. The summed E-state index contributed by atoms with van der Waals surface area (Å²) >= 11 is 0. The highest BCUT2D eigenvalue weighted by molar-refractivity contribution is 5.82. The summed E-state index contributed by atoms with van der Waals surface area (Å²) in [4.78, 5) is 22.8. The van der Waals surface area contributed by atoms with Crippen LogP contribution in [0.5, 0.6) is 0 Å². The van der Waals surface area contributed by atoms with Crippen LogP contribution in [0.15, 0.2) is 0 Å². The average Bonchev–Trinajstić information content (AvgIpc) is 2.35. The van der Waals surface area contributed by atoms with Gasteiger partial charge in [0.1, 0.15) is 6.61 Å². The quantitative estimate of drug-likeness (QED) is 0.620. The highest BCUT2D eigenvalue weighted by Gasteiger charge is 2.09. The van der Waals surface area contributed by atoms with Crippen LogP contribution in [0.25, 0.3) is 0 Å². The van der Waals surface area contributed by atoms with Crippen molar-refractivity contribution in [3.8, 4) is 0 Å². The van der Waals surface area contributed by atoms with E-state index in [1.807, 2.05) is 0 Å². The first-order valence-corrected chi connectivity index (χ1v) is 7.36. The van der Waals surface area contributed by atoms with Crippen LogP contribution in [-0.2, 0) is 14.3 Å². The van der Waals surface area contributed by atoms with Gasteiger partial charge in [0, 0.05) is 12.8 Å². The van der Waals surface area contributed by atoms with Crippen LogP contribution in [0.2, 0.25) is 0 Å². The van der Waals surface area contributed by atoms with E-state index in [0.29, 0.717) is 12.8 Å². The van der Waals surface area contributed by atoms with Gasteiger partial charge in [-0.3, -0.25) is 9.59 Å². The van der Waals surface area contributed by atoms with Crippen LogP contribution in [0.3, 0.4) is 0 Å². The van der Waals surface area contributed by atoms with Crippen LogP contribution in [0.4, 0.5) is 0 Å². The Balaban J connectivity index is 2.32. The van der Waals surface area contributed by atoms with Crippen molar-refractivity contribution in [1.29, 1.82) is 0 Å². The Hall–Kier alpha value is -0.860. The molecule has 18 heavy (non-hydrogen) atoms. The van der Waals surface area contributed by atoms with Crippen LogP contribution in [-0.4, -0.2) is 18.4 Å². The van der Waals surface area contributed by atoms with Crippen molar-refractivity contribution in [2.45, 2.75) is 71.1 Å². The summed E-state index contributed by atoms with van der Waals surface area (Å²) in [5.41, 5.74) is 0. The van der Waals surface area contributed by atoms with Gasteiger partial charge in [0.15, 0.2) is 5.78 Å². The molecule has 1 atom stereocenters. The maximum absolute atomic E-state index is 11.5. The second-order valence-corrected chi connectivity index (χ2v) is 5.50. The molecule has 1 aliphatic heterocycles. The number of esters is 1. The molecule has 0 bridgehead atoms. The lowest BCUT2D eigenvalue weighted by Crippen LogP contribution is -2.13. The standard InChI is InChI=1S/C15H26O3/c1-13-8-4-2-3-5-11-15(17)18-12-14(16)10-7-6-9-13/h13H,2-12H2,1H3. The number of rotatable bonds is 0. The zero-order valence-electron chi connectivity index (χ0n) is 11.6. The van der Waals surface area contributed by atoms with E-state index in [9.17, 15) is 9.59 Å². The lowest BCUT2D eigenvalue weighted by atomic mass is 9.96. The third-order valence-corrected chi connectivity index (χ3v) is 3.62. The number of cyclic esters (lactones) is 1. The van der Waals surface area contributed by atoms with Gasteiger partial charge in [0.05, 0.1) is 0 Å². The molecule has 1 heterocycles. The number of hydrogen-bond donors (Lipinski definition) is 0. The molecule has 0 aromatic heterocycles. The van der Waals surface area contributed by atoms with E-state index in [1.54, 1.807) is 0 Å². The molecule has 0 amide bonds. The first-order chi connectivity index (χ1) is 8.68. The van der Waals surface area contributed by atoms with Crippen molar-refractivity contribution in [2.75, 3.05) is 6.61 Å². The van der Waals surface area contributed by atoms with Gasteiger partial charge >= 0.3 is 5.97 Å². The van der Waals surface area contributed by atoms with Crippen LogP contribution >= 0.6 is 0 Å². The van der Waals surface area contributed by atoms with E-state index in [4.69, 9.17) is 4.74 Å². The van der Waals surface area contributed by atoms with Crippen molar-refractivity contribution in [3.05, 3.63) is 0 Å². The Morgan fingerprint density at radius 1 is 0.889 bits per heavy atom. The number of ether oxygens (including phenoxy) is 1. The summed E-state index contributed by atoms with van der Waals surface area (Å²) in [7, 11) is 0. The molecule has 104 valence electrons. The molecule has 1 unspecified atom stereocenters. The van der Waals surface area contributed by atoms with Gasteiger partial charge in [-0.15, -0.1) is 0 Å². The molecule has 1 fully saturated rings. The van der Waals surface area contributed by atoms with E-state index in [0.717, 1.165) is 31.6 Å². The van der Waals surface area contributed by atoms with Crippen molar-refractivity contribution in [1.82, 2.24) is 0 Å². The maximum Gasteiger partial charge on any atom is 0.306 e.